The van der Waals surface area contributed by atoms with Crippen molar-refractivity contribution in [1.29, 1.82) is 0 Å². The molecule has 4 amide bonds. The molecule has 0 bridgehead atoms. The molecule has 39 heavy (non-hydrogen) atoms. The maximum Gasteiger partial charge on any atom is 0.417 e. The van der Waals surface area contributed by atoms with E-state index in [1.807, 2.05) is 20.8 Å². The maximum absolute atomic E-state index is 13.0. The molecule has 2 aromatic carbocycles. The van der Waals surface area contributed by atoms with E-state index in [2.05, 4.69) is 26.5 Å². The van der Waals surface area contributed by atoms with Crippen LogP contribution in [-0.2, 0) is 11.0 Å². The van der Waals surface area contributed by atoms with E-state index in [4.69, 9.17) is 16.3 Å². The Morgan fingerprint density at radius 1 is 0.872 bits per heavy atom. The summed E-state index contributed by atoms with van der Waals surface area (Å²) in [7, 11) is 0. The van der Waals surface area contributed by atoms with Crippen LogP contribution in [-0.4, -0.2) is 22.8 Å². The number of nitrogens with one attached hydrogen (secondary N) is 4. The molecule has 0 aliphatic carbocycles. The molecule has 0 aliphatic heterocycles. The summed E-state index contributed by atoms with van der Waals surface area (Å²) in [4.78, 5) is 40.4. The number of aromatic nitrogens is 1. The normalized spacial score (nSPS) is 11.4. The topological polar surface area (TPSA) is 121 Å². The molecule has 0 saturated carbocycles. The zero-order chi connectivity index (χ0) is 28.8. The van der Waals surface area contributed by atoms with E-state index in [9.17, 15) is 27.6 Å². The van der Waals surface area contributed by atoms with Gasteiger partial charge >= 0.3 is 12.2 Å². The summed E-state index contributed by atoms with van der Waals surface area (Å²) < 4.78 is 44.8. The highest BCUT2D eigenvalue weighted by Crippen LogP contribution is 2.36. The molecule has 9 nitrogen and oxygen atoms in total. The molecule has 0 unspecified atom stereocenters. The number of anilines is 2. The Kier molecular flexibility index (Phi) is 9.02. The zero-order valence-corrected chi connectivity index (χ0v) is 21.8. The van der Waals surface area contributed by atoms with E-state index in [0.717, 1.165) is 12.1 Å². The highest BCUT2D eigenvalue weighted by Gasteiger charge is 2.33. The van der Waals surface area contributed by atoms with Gasteiger partial charge in [-0.2, -0.15) is 13.2 Å². The largest absolute Gasteiger partial charge is 0.457 e. The van der Waals surface area contributed by atoms with Crippen molar-refractivity contribution in [3.05, 3.63) is 77.1 Å². The standard InChI is InChI=1S/C26H25ClF3N5O4/c1-25(2,3)14-22(36)34-35-23(37)21-13-18(10-11-31-21)39-17-7-4-15(5-8-17)32-24(38)33-16-6-9-20(27)19(12-16)26(28,29)30/h4-13H,14H2,1-3H3,(H,34,36)(H,35,37)(H2,32,33,38). The highest BCUT2D eigenvalue weighted by molar-refractivity contribution is 6.31. The molecule has 0 saturated heterocycles. The molecule has 4 N–H and O–H groups in total. The van der Waals surface area contributed by atoms with Crippen LogP contribution in [0.25, 0.3) is 0 Å². The van der Waals surface area contributed by atoms with Crippen LogP contribution in [0.2, 0.25) is 5.02 Å². The Morgan fingerprint density at radius 3 is 2.15 bits per heavy atom. The van der Waals surface area contributed by atoms with Crippen LogP contribution in [0, 0.1) is 5.41 Å². The Morgan fingerprint density at radius 2 is 1.51 bits per heavy atom. The Balaban J connectivity index is 1.56. The maximum atomic E-state index is 13.0. The number of carbonyl (C=O) groups excluding carboxylic acids is 3. The van der Waals surface area contributed by atoms with Gasteiger partial charge in [-0.05, 0) is 53.9 Å². The van der Waals surface area contributed by atoms with Gasteiger partial charge in [0, 0.05) is 30.1 Å². The van der Waals surface area contributed by atoms with Crippen LogP contribution in [0.3, 0.4) is 0 Å². The molecule has 0 aliphatic rings. The number of hydrogen-bond acceptors (Lipinski definition) is 5. The van der Waals surface area contributed by atoms with Crippen LogP contribution in [0.5, 0.6) is 11.5 Å². The third kappa shape index (κ3) is 9.18. The zero-order valence-electron chi connectivity index (χ0n) is 21.1. The first-order valence-corrected chi connectivity index (χ1v) is 11.9. The SMILES string of the molecule is CC(C)(C)CC(=O)NNC(=O)c1cc(Oc2ccc(NC(=O)Nc3ccc(Cl)c(C(F)(F)F)c3)cc2)ccn1. The fourth-order valence-corrected chi connectivity index (χ4v) is 3.40. The fraction of sp³-hybridized carbons (Fsp3) is 0.231. The van der Waals surface area contributed by atoms with Gasteiger partial charge in [-0.15, -0.1) is 0 Å². The van der Waals surface area contributed by atoms with Crippen LogP contribution >= 0.6 is 11.6 Å². The average molecular weight is 564 g/mol. The third-order valence-corrected chi connectivity index (χ3v) is 5.18. The quantitative estimate of drug-likeness (QED) is 0.259. The van der Waals surface area contributed by atoms with E-state index in [1.54, 1.807) is 0 Å². The Bertz CT molecular complexity index is 1360. The average Bonchev–Trinajstić information content (AvgIpc) is 2.83. The van der Waals surface area contributed by atoms with E-state index in [0.29, 0.717) is 11.4 Å². The van der Waals surface area contributed by atoms with Crippen LogP contribution in [0.1, 0.15) is 43.2 Å². The number of ether oxygens (including phenoxy) is 1. The Hall–Kier alpha value is -4.32. The van der Waals surface area contributed by atoms with E-state index >= 15 is 0 Å². The second-order valence-corrected chi connectivity index (χ2v) is 9.92. The summed E-state index contributed by atoms with van der Waals surface area (Å²) in [5.41, 5.74) is 3.60. The minimum atomic E-state index is -4.66. The van der Waals surface area contributed by atoms with Crippen molar-refractivity contribution in [2.75, 3.05) is 10.6 Å². The Labute approximate surface area is 227 Å². The number of halogens is 4. The van der Waals surface area contributed by atoms with Crippen molar-refractivity contribution in [2.45, 2.75) is 33.4 Å². The molecular weight excluding hydrogens is 539 g/mol. The van der Waals surface area contributed by atoms with Gasteiger partial charge in [-0.3, -0.25) is 25.4 Å². The lowest BCUT2D eigenvalue weighted by Crippen LogP contribution is -2.43. The van der Waals surface area contributed by atoms with Gasteiger partial charge in [0.2, 0.25) is 5.91 Å². The number of hydrogen-bond donors (Lipinski definition) is 4. The molecular formula is C26H25ClF3N5O4. The predicted octanol–water partition coefficient (Wildman–Crippen LogP) is 6.39. The van der Waals surface area contributed by atoms with Crippen LogP contribution in [0.4, 0.5) is 29.3 Å². The van der Waals surface area contributed by atoms with E-state index < -0.39 is 28.7 Å². The molecule has 0 atom stereocenters. The summed E-state index contributed by atoms with van der Waals surface area (Å²) >= 11 is 5.59. The number of carbonyl (C=O) groups is 3. The number of pyridine rings is 1. The number of alkyl halides is 3. The molecule has 0 spiro atoms. The summed E-state index contributed by atoms with van der Waals surface area (Å²) in [6.45, 7) is 5.68. The highest BCUT2D eigenvalue weighted by atomic mass is 35.5. The molecule has 0 fully saturated rings. The van der Waals surface area contributed by atoms with Gasteiger partial charge in [0.1, 0.15) is 17.2 Å². The molecule has 1 aromatic heterocycles. The number of hydrazine groups is 1. The molecule has 0 radical (unpaired) electrons. The number of rotatable bonds is 6. The summed E-state index contributed by atoms with van der Waals surface area (Å²) in [5, 5.41) is 4.34. The number of urea groups is 1. The molecule has 1 heterocycles. The van der Waals surface area contributed by atoms with Crippen molar-refractivity contribution in [3.8, 4) is 11.5 Å². The minimum absolute atomic E-state index is 0.00870. The number of benzene rings is 2. The van der Waals surface area contributed by atoms with Crippen molar-refractivity contribution < 1.29 is 32.3 Å². The third-order valence-electron chi connectivity index (χ3n) is 4.85. The summed E-state index contributed by atoms with van der Waals surface area (Å²) in [6, 6.07) is 11.3. The first-order valence-electron chi connectivity index (χ1n) is 11.5. The van der Waals surface area contributed by atoms with Crippen molar-refractivity contribution in [3.63, 3.8) is 0 Å². The lowest BCUT2D eigenvalue weighted by Gasteiger charge is -2.17. The second kappa shape index (κ2) is 12.0. The summed E-state index contributed by atoms with van der Waals surface area (Å²) in [5.74, 6) is -0.316. The van der Waals surface area contributed by atoms with Gasteiger partial charge in [-0.25, -0.2) is 4.79 Å². The van der Waals surface area contributed by atoms with Gasteiger partial charge in [-0.1, -0.05) is 32.4 Å². The van der Waals surface area contributed by atoms with Gasteiger partial charge in [0.25, 0.3) is 5.91 Å². The van der Waals surface area contributed by atoms with Gasteiger partial charge in [0.15, 0.2) is 0 Å². The first kappa shape index (κ1) is 29.2. The first-order chi connectivity index (χ1) is 18.2. The predicted molar refractivity (Wildman–Crippen MR) is 140 cm³/mol. The molecule has 3 aromatic rings. The fourth-order valence-electron chi connectivity index (χ4n) is 3.17. The van der Waals surface area contributed by atoms with Crippen molar-refractivity contribution in [1.82, 2.24) is 15.8 Å². The lowest BCUT2D eigenvalue weighted by atomic mass is 9.92. The number of nitrogens with zero attached hydrogens (tertiary/aromatic N) is 1. The van der Waals surface area contributed by atoms with E-state index in [-0.39, 0.29) is 34.9 Å². The van der Waals surface area contributed by atoms with Crippen LogP contribution < -0.4 is 26.2 Å². The smallest absolute Gasteiger partial charge is 0.417 e. The molecule has 13 heteroatoms. The van der Waals surface area contributed by atoms with Crippen molar-refractivity contribution >= 4 is 40.8 Å². The molecule has 206 valence electrons. The van der Waals surface area contributed by atoms with Gasteiger partial charge < -0.3 is 15.4 Å². The number of amides is 4. The van der Waals surface area contributed by atoms with Gasteiger partial charge in [0.05, 0.1) is 10.6 Å². The monoisotopic (exact) mass is 563 g/mol. The van der Waals surface area contributed by atoms with Crippen molar-refractivity contribution in [2.24, 2.45) is 5.41 Å². The molecule has 3 rings (SSSR count). The van der Waals surface area contributed by atoms with E-state index in [1.165, 1.54) is 48.7 Å². The minimum Gasteiger partial charge on any atom is -0.457 e. The van der Waals surface area contributed by atoms with Crippen LogP contribution in [0.15, 0.2) is 60.8 Å². The summed E-state index contributed by atoms with van der Waals surface area (Å²) in [6.07, 6.45) is -3.08. The lowest BCUT2D eigenvalue weighted by molar-refractivity contribution is -0.137. The second-order valence-electron chi connectivity index (χ2n) is 9.51.